The van der Waals surface area contributed by atoms with Crippen molar-refractivity contribution in [3.8, 4) is 11.5 Å². The van der Waals surface area contributed by atoms with E-state index in [0.29, 0.717) is 18.0 Å². The van der Waals surface area contributed by atoms with Crippen molar-refractivity contribution in [1.29, 1.82) is 0 Å². The maximum Gasteiger partial charge on any atom is 0.269 e. The van der Waals surface area contributed by atoms with Crippen molar-refractivity contribution in [3.63, 3.8) is 0 Å². The minimum atomic E-state index is -0.441. The topological polar surface area (TPSA) is 81.9 Å². The number of nitro groups is 1. The lowest BCUT2D eigenvalue weighted by atomic mass is 9.77. The molecule has 0 unspecified atom stereocenters. The Bertz CT molecular complexity index is 878. The predicted molar refractivity (Wildman–Crippen MR) is 100 cm³/mol. The van der Waals surface area contributed by atoms with E-state index in [0.717, 1.165) is 11.1 Å². The number of β-lactam (4-membered cyclic amide) rings is 1. The monoisotopic (exact) mass is 368 g/mol. The molecule has 140 valence electrons. The zero-order valence-electron chi connectivity index (χ0n) is 15.1. The number of carbonyl (C=O) groups excluding carboxylic acids is 1. The first-order chi connectivity index (χ1) is 13.0. The van der Waals surface area contributed by atoms with E-state index in [2.05, 4.69) is 6.58 Å². The Morgan fingerprint density at radius 3 is 2.30 bits per heavy atom. The molecule has 2 aromatic carbocycles. The van der Waals surface area contributed by atoms with Gasteiger partial charge in [-0.1, -0.05) is 24.3 Å². The van der Waals surface area contributed by atoms with Crippen LogP contribution in [-0.4, -0.2) is 36.5 Å². The summed E-state index contributed by atoms with van der Waals surface area (Å²) in [7, 11) is 3.10. The normalized spacial score (nSPS) is 18.6. The molecular weight excluding hydrogens is 348 g/mol. The van der Waals surface area contributed by atoms with Gasteiger partial charge in [-0.05, 0) is 23.3 Å². The molecule has 7 nitrogen and oxygen atoms in total. The number of hydrogen-bond donors (Lipinski definition) is 0. The number of ether oxygens (including phenoxy) is 2. The van der Waals surface area contributed by atoms with Gasteiger partial charge in [0, 0.05) is 18.7 Å². The zero-order chi connectivity index (χ0) is 19.6. The summed E-state index contributed by atoms with van der Waals surface area (Å²) in [4.78, 5) is 24.9. The van der Waals surface area contributed by atoms with Gasteiger partial charge in [-0.25, -0.2) is 0 Å². The molecule has 0 radical (unpaired) electrons. The van der Waals surface area contributed by atoms with E-state index >= 15 is 0 Å². The zero-order valence-corrected chi connectivity index (χ0v) is 15.1. The SMILES string of the molecule is C=CCN1C(=O)[C@H](c2ccc(OC)c(OC)c2)[C@H]1c1ccc([N+](=O)[O-])cc1. The molecule has 1 saturated heterocycles. The van der Waals surface area contributed by atoms with Gasteiger partial charge >= 0.3 is 0 Å². The van der Waals surface area contributed by atoms with Crippen molar-refractivity contribution in [2.45, 2.75) is 12.0 Å². The number of hydrogen-bond acceptors (Lipinski definition) is 5. The standard InChI is InChI=1S/C20H20N2O5/c1-4-11-21-19(13-5-8-15(9-6-13)22(24)25)18(20(21)23)14-7-10-16(26-2)17(12-14)27-3/h4-10,12,18-19H,1,11H2,2-3H3/t18-,19-/m1/s1. The Morgan fingerprint density at radius 2 is 1.74 bits per heavy atom. The van der Waals surface area contributed by atoms with Gasteiger partial charge in [0.25, 0.3) is 5.69 Å². The van der Waals surface area contributed by atoms with Crippen LogP contribution < -0.4 is 9.47 Å². The minimum Gasteiger partial charge on any atom is -0.493 e. The highest BCUT2D eigenvalue weighted by Crippen LogP contribution is 2.48. The number of carbonyl (C=O) groups is 1. The molecule has 0 saturated carbocycles. The number of rotatable bonds is 7. The fourth-order valence-electron chi connectivity index (χ4n) is 3.43. The Morgan fingerprint density at radius 1 is 1.11 bits per heavy atom. The first-order valence-corrected chi connectivity index (χ1v) is 8.39. The van der Waals surface area contributed by atoms with Gasteiger partial charge in [0.15, 0.2) is 11.5 Å². The third-order valence-corrected chi connectivity index (χ3v) is 4.74. The van der Waals surface area contributed by atoms with E-state index < -0.39 is 10.8 Å². The van der Waals surface area contributed by atoms with Crippen LogP contribution >= 0.6 is 0 Å². The Balaban J connectivity index is 1.99. The Kier molecular flexibility index (Phi) is 5.12. The predicted octanol–water partition coefficient (Wildman–Crippen LogP) is 3.47. The third-order valence-electron chi connectivity index (χ3n) is 4.74. The van der Waals surface area contributed by atoms with Gasteiger partial charge in [0.05, 0.1) is 31.1 Å². The molecule has 0 N–H and O–H groups in total. The number of likely N-dealkylation sites (tertiary alicyclic amines) is 1. The summed E-state index contributed by atoms with van der Waals surface area (Å²) in [6.45, 7) is 4.12. The van der Waals surface area contributed by atoms with E-state index in [-0.39, 0.29) is 17.6 Å². The summed E-state index contributed by atoms with van der Waals surface area (Å²) in [5, 5.41) is 10.9. The van der Waals surface area contributed by atoms with Crippen molar-refractivity contribution in [2.75, 3.05) is 20.8 Å². The average Bonchev–Trinajstić information content (AvgIpc) is 2.69. The number of benzene rings is 2. The summed E-state index contributed by atoms with van der Waals surface area (Å²) < 4.78 is 10.6. The van der Waals surface area contributed by atoms with Crippen molar-refractivity contribution >= 4 is 11.6 Å². The van der Waals surface area contributed by atoms with E-state index in [1.807, 2.05) is 6.07 Å². The highest BCUT2D eigenvalue weighted by molar-refractivity contribution is 5.92. The summed E-state index contributed by atoms with van der Waals surface area (Å²) >= 11 is 0. The number of methoxy groups -OCH3 is 2. The molecule has 7 heteroatoms. The van der Waals surface area contributed by atoms with Crippen LogP contribution in [0, 0.1) is 10.1 Å². The molecule has 1 amide bonds. The molecule has 0 aliphatic carbocycles. The van der Waals surface area contributed by atoms with Gasteiger partial charge in [0.2, 0.25) is 5.91 Å². The van der Waals surface area contributed by atoms with Gasteiger partial charge < -0.3 is 14.4 Å². The average molecular weight is 368 g/mol. The smallest absolute Gasteiger partial charge is 0.269 e. The van der Waals surface area contributed by atoms with Crippen molar-refractivity contribution in [1.82, 2.24) is 4.90 Å². The number of non-ortho nitro benzene ring substituents is 1. The van der Waals surface area contributed by atoms with Gasteiger partial charge in [0.1, 0.15) is 0 Å². The van der Waals surface area contributed by atoms with Crippen LogP contribution in [0.5, 0.6) is 11.5 Å². The maximum atomic E-state index is 12.8. The quantitative estimate of drug-likeness (QED) is 0.323. The molecule has 3 rings (SSSR count). The van der Waals surface area contributed by atoms with Crippen molar-refractivity contribution < 1.29 is 19.2 Å². The fourth-order valence-corrected chi connectivity index (χ4v) is 3.43. The first kappa shape index (κ1) is 18.4. The highest BCUT2D eigenvalue weighted by atomic mass is 16.6. The molecule has 2 atom stereocenters. The summed E-state index contributed by atoms with van der Waals surface area (Å²) in [5.41, 5.74) is 1.66. The van der Waals surface area contributed by atoms with Gasteiger partial charge in [-0.2, -0.15) is 0 Å². The van der Waals surface area contributed by atoms with Crippen LogP contribution in [0.15, 0.2) is 55.1 Å². The highest BCUT2D eigenvalue weighted by Gasteiger charge is 2.48. The molecular formula is C20H20N2O5. The van der Waals surface area contributed by atoms with Crippen LogP contribution in [0.2, 0.25) is 0 Å². The van der Waals surface area contributed by atoms with Crippen molar-refractivity contribution in [3.05, 3.63) is 76.4 Å². The van der Waals surface area contributed by atoms with E-state index in [4.69, 9.17) is 9.47 Å². The third kappa shape index (κ3) is 3.23. The molecule has 0 aromatic heterocycles. The molecule has 1 aliphatic rings. The lowest BCUT2D eigenvalue weighted by Crippen LogP contribution is -2.53. The minimum absolute atomic E-state index is 0.0161. The summed E-state index contributed by atoms with van der Waals surface area (Å²) in [6.07, 6.45) is 1.67. The second kappa shape index (κ2) is 7.49. The first-order valence-electron chi connectivity index (χ1n) is 8.39. The second-order valence-corrected chi connectivity index (χ2v) is 6.16. The van der Waals surface area contributed by atoms with Gasteiger partial charge in [-0.3, -0.25) is 14.9 Å². The van der Waals surface area contributed by atoms with E-state index in [9.17, 15) is 14.9 Å². The molecule has 1 fully saturated rings. The summed E-state index contributed by atoms with van der Waals surface area (Å²) in [6, 6.07) is 11.5. The van der Waals surface area contributed by atoms with Crippen LogP contribution in [0.25, 0.3) is 0 Å². The van der Waals surface area contributed by atoms with Crippen LogP contribution in [0.3, 0.4) is 0 Å². The van der Waals surface area contributed by atoms with Gasteiger partial charge in [-0.15, -0.1) is 6.58 Å². The summed E-state index contributed by atoms with van der Waals surface area (Å²) in [5.74, 6) is 0.715. The molecule has 0 bridgehead atoms. The lowest BCUT2D eigenvalue weighted by molar-refractivity contribution is -0.384. The number of amides is 1. The molecule has 27 heavy (non-hydrogen) atoms. The van der Waals surface area contributed by atoms with E-state index in [1.54, 1.807) is 49.5 Å². The number of nitrogens with zero attached hydrogens (tertiary/aromatic N) is 2. The van der Waals surface area contributed by atoms with E-state index in [1.165, 1.54) is 12.1 Å². The maximum absolute atomic E-state index is 12.8. The lowest BCUT2D eigenvalue weighted by Gasteiger charge is -2.47. The second-order valence-electron chi connectivity index (χ2n) is 6.16. The van der Waals surface area contributed by atoms with Crippen LogP contribution in [0.4, 0.5) is 5.69 Å². The Labute approximate surface area is 157 Å². The largest absolute Gasteiger partial charge is 0.493 e. The fraction of sp³-hybridized carbons (Fsp3) is 0.250. The molecule has 2 aromatic rings. The Hall–Kier alpha value is -3.35. The van der Waals surface area contributed by atoms with Crippen LogP contribution in [0.1, 0.15) is 23.1 Å². The van der Waals surface area contributed by atoms with Crippen LogP contribution in [-0.2, 0) is 4.79 Å². The van der Waals surface area contributed by atoms with Crippen molar-refractivity contribution in [2.24, 2.45) is 0 Å². The molecule has 1 heterocycles. The number of nitro benzene ring substituents is 1. The molecule has 0 spiro atoms. The molecule has 1 aliphatic heterocycles.